The zero-order valence-electron chi connectivity index (χ0n) is 37.8. The molecule has 7 atom stereocenters. The lowest BCUT2D eigenvalue weighted by molar-refractivity contribution is -0.143. The Morgan fingerprint density at radius 3 is 2.47 bits per heavy atom. The van der Waals surface area contributed by atoms with Crippen molar-refractivity contribution in [1.29, 1.82) is 0 Å². The van der Waals surface area contributed by atoms with Gasteiger partial charge in [-0.1, -0.05) is 57.2 Å². The van der Waals surface area contributed by atoms with E-state index < -0.39 is 68.2 Å². The van der Waals surface area contributed by atoms with Crippen molar-refractivity contribution < 1.29 is 41.8 Å². The van der Waals surface area contributed by atoms with Gasteiger partial charge in [0.1, 0.15) is 35.6 Å². The van der Waals surface area contributed by atoms with Crippen molar-refractivity contribution in [2.75, 3.05) is 19.7 Å². The molecule has 0 spiro atoms. The van der Waals surface area contributed by atoms with Gasteiger partial charge in [0.05, 0.1) is 29.0 Å². The molecule has 1 saturated heterocycles. The van der Waals surface area contributed by atoms with Gasteiger partial charge >= 0.3 is 6.09 Å². The average molecular weight is 905 g/mol. The normalized spacial score (nSPS) is 27.7. The van der Waals surface area contributed by atoms with E-state index in [4.69, 9.17) is 19.2 Å². The van der Waals surface area contributed by atoms with E-state index in [0.29, 0.717) is 43.3 Å². The third kappa shape index (κ3) is 10.3. The van der Waals surface area contributed by atoms with Crippen molar-refractivity contribution in [3.8, 4) is 11.6 Å². The molecule has 15 nitrogen and oxygen atoms in total. The Bertz CT molecular complexity index is 2190. The topological polar surface area (TPSA) is 194 Å². The number of sulfonamides is 1. The molecule has 64 heavy (non-hydrogen) atoms. The minimum atomic E-state index is -4.05. The van der Waals surface area contributed by atoms with Gasteiger partial charge in [-0.2, -0.15) is 0 Å². The van der Waals surface area contributed by atoms with Gasteiger partial charge in [0.25, 0.3) is 5.91 Å². The largest absolute Gasteiger partial charge is 0.492 e. The second-order valence-electron chi connectivity index (χ2n) is 19.8. The molecule has 2 bridgehead atoms. The maximum Gasteiger partial charge on any atom is 0.408 e. The van der Waals surface area contributed by atoms with Gasteiger partial charge in [-0.05, 0) is 115 Å². The van der Waals surface area contributed by atoms with Crippen LogP contribution in [0.25, 0.3) is 10.9 Å². The van der Waals surface area contributed by atoms with Gasteiger partial charge in [0.15, 0.2) is 0 Å². The molecule has 4 aliphatic carbocycles. The second kappa shape index (κ2) is 19.2. The Balaban J connectivity index is 1.14. The highest BCUT2D eigenvalue weighted by Gasteiger charge is 2.54. The number of hydrogen-bond acceptors (Lipinski definition) is 11. The molecule has 1 aromatic heterocycles. The maximum atomic E-state index is 15.1. The summed E-state index contributed by atoms with van der Waals surface area (Å²) in [5.74, 6) is -1.52. The highest BCUT2D eigenvalue weighted by molar-refractivity contribution is 7.91. The minimum absolute atomic E-state index is 0.00873. The number of hydrogen-bond donors (Lipinski definition) is 4. The van der Waals surface area contributed by atoms with Crippen LogP contribution in [0.1, 0.15) is 129 Å². The first kappa shape index (κ1) is 46.1. The first-order valence-corrected chi connectivity index (χ1v) is 25.4. The number of rotatable bonds is 14. The lowest BCUT2D eigenvalue weighted by Crippen LogP contribution is -2.64. The average Bonchev–Trinajstić information content (AvgIpc) is 4.23. The molecule has 3 heterocycles. The van der Waals surface area contributed by atoms with Gasteiger partial charge in [0, 0.05) is 23.8 Å². The Kier molecular flexibility index (Phi) is 13.8. The van der Waals surface area contributed by atoms with Gasteiger partial charge < -0.3 is 35.1 Å². The molecule has 7 unspecified atom stereocenters. The fraction of sp³-hybridized carbons (Fsp3) is 0.688. The number of nitrogens with zero attached hydrogens (tertiary/aromatic N) is 2. The van der Waals surface area contributed by atoms with Crippen molar-refractivity contribution >= 4 is 44.7 Å². The Labute approximate surface area is 378 Å². The number of carbonyl (C=O) groups is 4. The molecular weight excluding hydrogens is 837 g/mol. The van der Waals surface area contributed by atoms with Crippen molar-refractivity contribution in [2.24, 2.45) is 17.8 Å². The smallest absolute Gasteiger partial charge is 0.408 e. The first-order valence-electron chi connectivity index (χ1n) is 23.9. The number of amides is 4. The molecule has 350 valence electrons. The molecular formula is C48H68N6O9S. The van der Waals surface area contributed by atoms with Crippen LogP contribution in [-0.2, 0) is 35.6 Å². The highest BCUT2D eigenvalue weighted by Crippen LogP contribution is 2.43. The van der Waals surface area contributed by atoms with Crippen LogP contribution in [0.4, 0.5) is 4.79 Å². The molecule has 1 aromatic carbocycles. The van der Waals surface area contributed by atoms with Crippen LogP contribution >= 0.6 is 0 Å². The molecule has 0 radical (unpaired) electrons. The summed E-state index contributed by atoms with van der Waals surface area (Å²) < 4.78 is 47.2. The SMILES string of the molecule is C=CC(C)C(C)(NC(=O)C1CC2CN1C(=O)C(C1CCCCC1)NC(=O)OC1CC1CCCCCc1c(nc3ccccc3c1OCCCNC1CC1)O2)C(=O)NS(=O)(=O)C1(C)CC1. The summed E-state index contributed by atoms with van der Waals surface area (Å²) in [6, 6.07) is 6.32. The number of pyridine rings is 1. The molecule has 6 aliphatic rings. The van der Waals surface area contributed by atoms with E-state index in [9.17, 15) is 22.8 Å². The number of carbonyl (C=O) groups excluding carboxylic acids is 4. The van der Waals surface area contributed by atoms with Crippen molar-refractivity contribution in [3.63, 3.8) is 0 Å². The number of aromatic nitrogens is 1. The fourth-order valence-corrected chi connectivity index (χ4v) is 11.0. The quantitative estimate of drug-likeness (QED) is 0.129. The van der Waals surface area contributed by atoms with E-state index >= 15 is 4.79 Å². The van der Waals surface area contributed by atoms with E-state index in [1.807, 2.05) is 24.3 Å². The van der Waals surface area contributed by atoms with Crippen LogP contribution in [0, 0.1) is 17.8 Å². The first-order chi connectivity index (χ1) is 30.7. The molecule has 4 saturated carbocycles. The molecule has 2 aliphatic heterocycles. The molecule has 4 amide bonds. The number of fused-ring (bicyclic) bond motifs is 5. The van der Waals surface area contributed by atoms with Crippen LogP contribution in [0.5, 0.6) is 11.6 Å². The van der Waals surface area contributed by atoms with Crippen molar-refractivity contribution in [1.82, 2.24) is 30.6 Å². The summed E-state index contributed by atoms with van der Waals surface area (Å²) in [7, 11) is -4.05. The molecule has 16 heteroatoms. The Morgan fingerprint density at radius 2 is 1.75 bits per heavy atom. The standard InChI is InChI=1S/C48H68N6O9S/c1-5-30(2)48(4,45(57)53-64(59,60)47(3)23-24-47)52-42(55)38-28-34-29-54(38)44(56)40(31-15-8-6-9-16-31)51-46(58)63-39-27-32(39)17-10-7-11-19-36-41(61-26-14-25-49-33-21-22-33)35-18-12-13-20-37(35)50-43(36)62-34/h5,12-13,18,20,30-34,38-40,49H,1,6-11,14-17,19,21-29H2,2-4H3,(H,51,58)(H,52,55)(H,53,57). The zero-order chi connectivity index (χ0) is 45.2. The van der Waals surface area contributed by atoms with Gasteiger partial charge in [-0.25, -0.2) is 18.2 Å². The highest BCUT2D eigenvalue weighted by atomic mass is 32.2. The summed E-state index contributed by atoms with van der Waals surface area (Å²) in [5.41, 5.74) is -0.226. The van der Waals surface area contributed by atoms with E-state index in [1.165, 1.54) is 30.7 Å². The van der Waals surface area contributed by atoms with E-state index in [0.717, 1.165) is 93.9 Å². The molecule has 2 aromatic rings. The van der Waals surface area contributed by atoms with Crippen LogP contribution in [0.15, 0.2) is 36.9 Å². The summed E-state index contributed by atoms with van der Waals surface area (Å²) in [4.78, 5) is 64.2. The van der Waals surface area contributed by atoms with Crippen LogP contribution in [0.2, 0.25) is 0 Å². The lowest BCUT2D eigenvalue weighted by Gasteiger charge is -2.37. The summed E-state index contributed by atoms with van der Waals surface area (Å²) >= 11 is 0. The van der Waals surface area contributed by atoms with Crippen LogP contribution in [-0.4, -0.2) is 102 Å². The lowest BCUT2D eigenvalue weighted by atomic mass is 9.83. The van der Waals surface area contributed by atoms with Crippen molar-refractivity contribution in [3.05, 3.63) is 42.5 Å². The Morgan fingerprint density at radius 1 is 1.03 bits per heavy atom. The summed E-state index contributed by atoms with van der Waals surface area (Å²) in [5, 5.41) is 10.3. The predicted molar refractivity (Wildman–Crippen MR) is 242 cm³/mol. The summed E-state index contributed by atoms with van der Waals surface area (Å²) in [6.07, 6.45) is 13.4. The Hall–Kier alpha value is -4.44. The maximum absolute atomic E-state index is 15.1. The monoisotopic (exact) mass is 904 g/mol. The van der Waals surface area contributed by atoms with E-state index in [2.05, 4.69) is 27.3 Å². The third-order valence-electron chi connectivity index (χ3n) is 14.8. The number of benzene rings is 1. The van der Waals surface area contributed by atoms with E-state index in [-0.39, 0.29) is 30.9 Å². The second-order valence-corrected chi connectivity index (χ2v) is 22.0. The minimum Gasteiger partial charge on any atom is -0.492 e. The van der Waals surface area contributed by atoms with Crippen LogP contribution in [0.3, 0.4) is 0 Å². The van der Waals surface area contributed by atoms with Crippen molar-refractivity contribution in [2.45, 2.75) is 171 Å². The molecule has 5 fully saturated rings. The third-order valence-corrected chi connectivity index (χ3v) is 17.0. The number of ether oxygens (including phenoxy) is 3. The number of nitrogens with one attached hydrogen (secondary N) is 4. The van der Waals surface area contributed by atoms with Gasteiger partial charge in [-0.15, -0.1) is 6.58 Å². The molecule has 4 N–H and O–H groups in total. The van der Waals surface area contributed by atoms with E-state index in [1.54, 1.807) is 13.8 Å². The zero-order valence-corrected chi connectivity index (χ0v) is 38.6. The fourth-order valence-electron chi connectivity index (χ4n) is 9.68. The number of alkyl carbamates (subject to hydrolysis) is 1. The van der Waals surface area contributed by atoms with Gasteiger partial charge in [0.2, 0.25) is 27.7 Å². The predicted octanol–water partition coefficient (Wildman–Crippen LogP) is 5.98. The van der Waals surface area contributed by atoms with Crippen LogP contribution < -0.4 is 30.1 Å². The van der Waals surface area contributed by atoms with Gasteiger partial charge in [-0.3, -0.25) is 19.1 Å². The molecule has 8 rings (SSSR count). The number of para-hydroxylation sites is 1. The summed E-state index contributed by atoms with van der Waals surface area (Å²) in [6.45, 7) is 9.95.